The number of hydrogen-bond donors (Lipinski definition) is 1. The first-order valence-electron chi connectivity index (χ1n) is 8.00. The Kier molecular flexibility index (Phi) is 5.30. The summed E-state index contributed by atoms with van der Waals surface area (Å²) >= 11 is 12.0. The van der Waals surface area contributed by atoms with Gasteiger partial charge in [-0.2, -0.15) is 4.98 Å². The number of anilines is 3. The van der Waals surface area contributed by atoms with E-state index in [1.165, 1.54) is 0 Å². The molecule has 132 valence electrons. The first kappa shape index (κ1) is 17.8. The van der Waals surface area contributed by atoms with Gasteiger partial charge in [-0.1, -0.05) is 23.2 Å². The molecule has 0 aliphatic carbocycles. The molecular formula is C17H19Cl2N5O. The number of nitrogens with one attached hydrogen (secondary N) is 1. The van der Waals surface area contributed by atoms with E-state index in [2.05, 4.69) is 20.2 Å². The zero-order valence-electron chi connectivity index (χ0n) is 14.1. The van der Waals surface area contributed by atoms with Crippen LogP contribution in [-0.4, -0.2) is 47.0 Å². The Morgan fingerprint density at radius 1 is 1.08 bits per heavy atom. The minimum absolute atomic E-state index is 0.112. The van der Waals surface area contributed by atoms with Gasteiger partial charge in [0.1, 0.15) is 5.82 Å². The molecule has 0 atom stereocenters. The highest BCUT2D eigenvalue weighted by atomic mass is 35.5. The predicted molar refractivity (Wildman–Crippen MR) is 101 cm³/mol. The molecule has 2 aromatic rings. The van der Waals surface area contributed by atoms with Crippen molar-refractivity contribution in [2.75, 3.05) is 36.4 Å². The minimum atomic E-state index is 0.112. The van der Waals surface area contributed by atoms with Crippen LogP contribution >= 0.6 is 23.2 Å². The monoisotopic (exact) mass is 379 g/mol. The van der Waals surface area contributed by atoms with E-state index in [1.807, 2.05) is 24.0 Å². The standard InChI is InChI=1S/C17H19Cl2N5O/c1-11-9-16(24-7-5-23(6-8-24)12(2)25)22-17(20-11)21-13-3-4-14(18)15(19)10-13/h3-4,9-10H,5-8H2,1-2H3,(H,20,21,22). The van der Waals surface area contributed by atoms with Crippen LogP contribution in [0.25, 0.3) is 0 Å². The number of aromatic nitrogens is 2. The van der Waals surface area contributed by atoms with Crippen LogP contribution in [-0.2, 0) is 4.79 Å². The van der Waals surface area contributed by atoms with Gasteiger partial charge < -0.3 is 15.1 Å². The normalized spacial score (nSPS) is 14.6. The molecule has 1 saturated heterocycles. The molecule has 0 bridgehead atoms. The van der Waals surface area contributed by atoms with E-state index in [0.29, 0.717) is 29.1 Å². The third-order valence-corrected chi connectivity index (χ3v) is 4.80. The molecule has 1 N–H and O–H groups in total. The highest BCUT2D eigenvalue weighted by Gasteiger charge is 2.20. The molecule has 6 nitrogen and oxygen atoms in total. The van der Waals surface area contributed by atoms with E-state index >= 15 is 0 Å². The molecule has 3 rings (SSSR count). The second kappa shape index (κ2) is 7.45. The fourth-order valence-corrected chi connectivity index (χ4v) is 3.02. The summed E-state index contributed by atoms with van der Waals surface area (Å²) in [5, 5.41) is 4.14. The molecule has 1 amide bonds. The van der Waals surface area contributed by atoms with Crippen molar-refractivity contribution in [1.29, 1.82) is 0 Å². The molecule has 25 heavy (non-hydrogen) atoms. The molecule has 1 aromatic heterocycles. The summed E-state index contributed by atoms with van der Waals surface area (Å²) in [5.74, 6) is 1.46. The molecule has 2 heterocycles. The van der Waals surface area contributed by atoms with E-state index in [9.17, 15) is 4.79 Å². The quantitative estimate of drug-likeness (QED) is 0.883. The zero-order chi connectivity index (χ0) is 18.0. The summed E-state index contributed by atoms with van der Waals surface area (Å²) < 4.78 is 0. The second-order valence-electron chi connectivity index (χ2n) is 5.94. The fraction of sp³-hybridized carbons (Fsp3) is 0.353. The van der Waals surface area contributed by atoms with Gasteiger partial charge in [0.25, 0.3) is 0 Å². The fourth-order valence-electron chi connectivity index (χ4n) is 2.72. The molecule has 1 fully saturated rings. The molecule has 0 spiro atoms. The van der Waals surface area contributed by atoms with Gasteiger partial charge in [0.05, 0.1) is 10.0 Å². The van der Waals surface area contributed by atoms with Crippen molar-refractivity contribution in [3.63, 3.8) is 0 Å². The SMILES string of the molecule is CC(=O)N1CCN(c2cc(C)nc(Nc3ccc(Cl)c(Cl)c3)n2)CC1. The van der Waals surface area contributed by atoms with Crippen molar-refractivity contribution < 1.29 is 4.79 Å². The zero-order valence-corrected chi connectivity index (χ0v) is 15.6. The lowest BCUT2D eigenvalue weighted by Gasteiger charge is -2.35. The Labute approximate surface area is 156 Å². The van der Waals surface area contributed by atoms with E-state index in [0.717, 1.165) is 30.3 Å². The maximum atomic E-state index is 11.5. The third kappa shape index (κ3) is 4.32. The number of rotatable bonds is 3. The van der Waals surface area contributed by atoms with Gasteiger partial charge in [0.2, 0.25) is 11.9 Å². The lowest BCUT2D eigenvalue weighted by Crippen LogP contribution is -2.48. The highest BCUT2D eigenvalue weighted by Crippen LogP contribution is 2.27. The Hall–Kier alpha value is -2.05. The largest absolute Gasteiger partial charge is 0.353 e. The number of halogens is 2. The van der Waals surface area contributed by atoms with Crippen LogP contribution in [0.4, 0.5) is 17.5 Å². The molecule has 8 heteroatoms. The smallest absolute Gasteiger partial charge is 0.229 e. The van der Waals surface area contributed by atoms with Crippen LogP contribution in [0, 0.1) is 6.92 Å². The second-order valence-corrected chi connectivity index (χ2v) is 6.75. The van der Waals surface area contributed by atoms with Gasteiger partial charge >= 0.3 is 0 Å². The van der Waals surface area contributed by atoms with Crippen molar-refractivity contribution in [2.45, 2.75) is 13.8 Å². The van der Waals surface area contributed by atoms with Gasteiger partial charge in [0, 0.05) is 50.6 Å². The minimum Gasteiger partial charge on any atom is -0.353 e. The van der Waals surface area contributed by atoms with Crippen LogP contribution in [0.2, 0.25) is 10.0 Å². The van der Waals surface area contributed by atoms with E-state index < -0.39 is 0 Å². The maximum absolute atomic E-state index is 11.5. The van der Waals surface area contributed by atoms with Crippen LogP contribution in [0.5, 0.6) is 0 Å². The lowest BCUT2D eigenvalue weighted by atomic mass is 10.3. The summed E-state index contributed by atoms with van der Waals surface area (Å²) in [6.07, 6.45) is 0. The van der Waals surface area contributed by atoms with Gasteiger partial charge in [-0.3, -0.25) is 4.79 Å². The highest BCUT2D eigenvalue weighted by molar-refractivity contribution is 6.42. The van der Waals surface area contributed by atoms with Crippen LogP contribution in [0.15, 0.2) is 24.3 Å². The topological polar surface area (TPSA) is 61.4 Å². The molecule has 0 unspecified atom stereocenters. The van der Waals surface area contributed by atoms with Gasteiger partial charge in [-0.15, -0.1) is 0 Å². The first-order valence-corrected chi connectivity index (χ1v) is 8.76. The number of piperazine rings is 1. The number of aryl methyl sites for hydroxylation is 1. The predicted octanol–water partition coefficient (Wildman–Crippen LogP) is 3.50. The van der Waals surface area contributed by atoms with Gasteiger partial charge in [-0.25, -0.2) is 4.98 Å². The molecule has 0 radical (unpaired) electrons. The number of carbonyl (C=O) groups excluding carboxylic acids is 1. The summed E-state index contributed by atoms with van der Waals surface area (Å²) in [7, 11) is 0. The van der Waals surface area contributed by atoms with Crippen molar-refractivity contribution in [3.8, 4) is 0 Å². The Balaban J connectivity index is 1.76. The number of nitrogens with zero attached hydrogens (tertiary/aromatic N) is 4. The summed E-state index contributed by atoms with van der Waals surface area (Å²) in [5.41, 5.74) is 1.63. The van der Waals surface area contributed by atoms with Crippen molar-refractivity contribution in [3.05, 3.63) is 40.0 Å². The molecule has 1 aliphatic heterocycles. The number of carbonyl (C=O) groups is 1. The number of benzene rings is 1. The first-order chi connectivity index (χ1) is 11.9. The average molecular weight is 380 g/mol. The molecule has 0 saturated carbocycles. The van der Waals surface area contributed by atoms with Crippen LogP contribution < -0.4 is 10.2 Å². The van der Waals surface area contributed by atoms with Crippen LogP contribution in [0.3, 0.4) is 0 Å². The summed E-state index contributed by atoms with van der Waals surface area (Å²) in [6, 6.07) is 7.24. The Morgan fingerprint density at radius 3 is 2.44 bits per heavy atom. The van der Waals surface area contributed by atoms with Crippen molar-refractivity contribution in [1.82, 2.24) is 14.9 Å². The van der Waals surface area contributed by atoms with Gasteiger partial charge in [0.15, 0.2) is 0 Å². The van der Waals surface area contributed by atoms with E-state index in [-0.39, 0.29) is 5.91 Å². The summed E-state index contributed by atoms with van der Waals surface area (Å²) in [4.78, 5) is 24.5. The van der Waals surface area contributed by atoms with Crippen molar-refractivity contribution >= 4 is 46.6 Å². The molecule has 1 aliphatic rings. The lowest BCUT2D eigenvalue weighted by molar-refractivity contribution is -0.129. The van der Waals surface area contributed by atoms with E-state index in [1.54, 1.807) is 19.1 Å². The molecular weight excluding hydrogens is 361 g/mol. The average Bonchev–Trinajstić information content (AvgIpc) is 2.58. The Morgan fingerprint density at radius 2 is 1.80 bits per heavy atom. The van der Waals surface area contributed by atoms with Gasteiger partial charge in [-0.05, 0) is 25.1 Å². The Bertz CT molecular complexity index is 791. The number of hydrogen-bond acceptors (Lipinski definition) is 5. The molecule has 1 aromatic carbocycles. The van der Waals surface area contributed by atoms with E-state index in [4.69, 9.17) is 23.2 Å². The van der Waals surface area contributed by atoms with Crippen molar-refractivity contribution in [2.24, 2.45) is 0 Å². The van der Waals surface area contributed by atoms with Crippen LogP contribution in [0.1, 0.15) is 12.6 Å². The number of amides is 1. The third-order valence-electron chi connectivity index (χ3n) is 4.07. The summed E-state index contributed by atoms with van der Waals surface area (Å²) in [6.45, 7) is 6.44. The maximum Gasteiger partial charge on any atom is 0.229 e.